The van der Waals surface area contributed by atoms with Crippen LogP contribution in [-0.2, 0) is 6.54 Å². The van der Waals surface area contributed by atoms with Crippen molar-refractivity contribution >= 4 is 11.8 Å². The van der Waals surface area contributed by atoms with E-state index < -0.39 is 17.2 Å². The van der Waals surface area contributed by atoms with Crippen LogP contribution in [0.25, 0.3) is 0 Å². The Morgan fingerprint density at radius 1 is 1.38 bits per heavy atom. The van der Waals surface area contributed by atoms with Gasteiger partial charge in [0.1, 0.15) is 5.82 Å². The first-order valence-electron chi connectivity index (χ1n) is 4.84. The highest BCUT2D eigenvalue weighted by Gasteiger charge is 2.25. The molecule has 2 N–H and O–H groups in total. The Balaban J connectivity index is 2.85. The summed E-state index contributed by atoms with van der Waals surface area (Å²) >= 11 is 0. The summed E-state index contributed by atoms with van der Waals surface area (Å²) in [6.45, 7) is 1.05. The molecule has 0 saturated heterocycles. The lowest BCUT2D eigenvalue weighted by Crippen LogP contribution is -2.42. The van der Waals surface area contributed by atoms with Gasteiger partial charge in [-0.3, -0.25) is 14.3 Å². The third kappa shape index (κ3) is 1.40. The van der Waals surface area contributed by atoms with Gasteiger partial charge in [-0.1, -0.05) is 0 Å². The monoisotopic (exact) mass is 225 g/mol. The summed E-state index contributed by atoms with van der Waals surface area (Å²) in [6.07, 6.45) is 0.745. The van der Waals surface area contributed by atoms with E-state index in [4.69, 9.17) is 5.11 Å². The summed E-state index contributed by atoms with van der Waals surface area (Å²) in [4.78, 5) is 37.5. The number of H-pyrrole nitrogens is 1. The van der Waals surface area contributed by atoms with E-state index in [9.17, 15) is 14.4 Å². The second kappa shape index (κ2) is 3.51. The summed E-state index contributed by atoms with van der Waals surface area (Å²) in [6, 6.07) is 0. The summed E-state index contributed by atoms with van der Waals surface area (Å²) in [5.74, 6) is -1.13. The third-order valence-electron chi connectivity index (χ3n) is 2.62. The fraction of sp³-hybridized carbons (Fsp3) is 0.444. The molecule has 0 saturated carbocycles. The number of hydrogen-bond donors (Lipinski definition) is 2. The van der Waals surface area contributed by atoms with Crippen molar-refractivity contribution < 1.29 is 9.90 Å². The molecule has 0 amide bonds. The fourth-order valence-electron chi connectivity index (χ4n) is 1.93. The standard InChI is InChI=1S/C9H11N3O4/c1-11-3-2-4-12-7(11)5(8(14)15)6(13)10-9(12)16/h2-4H2,1H3,(H,14,15)(H,10,13,16). The first-order valence-corrected chi connectivity index (χ1v) is 4.84. The molecule has 1 aliphatic rings. The maximum Gasteiger partial charge on any atom is 0.345 e. The van der Waals surface area contributed by atoms with Crippen molar-refractivity contribution in [3.8, 4) is 0 Å². The Morgan fingerprint density at radius 3 is 2.69 bits per heavy atom. The second-order valence-electron chi connectivity index (χ2n) is 3.69. The molecule has 1 aromatic rings. The predicted octanol–water partition coefficient (Wildman–Crippen LogP) is -0.925. The molecule has 0 bridgehead atoms. The molecular formula is C9H11N3O4. The van der Waals surface area contributed by atoms with E-state index in [2.05, 4.69) is 0 Å². The predicted molar refractivity (Wildman–Crippen MR) is 56.2 cm³/mol. The van der Waals surface area contributed by atoms with Crippen LogP contribution < -0.4 is 16.1 Å². The van der Waals surface area contributed by atoms with Crippen molar-refractivity contribution in [3.63, 3.8) is 0 Å². The van der Waals surface area contributed by atoms with Gasteiger partial charge in [0.05, 0.1) is 0 Å². The van der Waals surface area contributed by atoms with Crippen LogP contribution in [0.1, 0.15) is 16.8 Å². The van der Waals surface area contributed by atoms with Gasteiger partial charge in [-0.2, -0.15) is 0 Å². The van der Waals surface area contributed by atoms with E-state index in [1.165, 1.54) is 4.57 Å². The van der Waals surface area contributed by atoms with Gasteiger partial charge >= 0.3 is 11.7 Å². The highest BCUT2D eigenvalue weighted by atomic mass is 16.4. The number of hydrogen-bond acceptors (Lipinski definition) is 4. The molecule has 0 atom stereocenters. The zero-order chi connectivity index (χ0) is 11.9. The van der Waals surface area contributed by atoms with Crippen LogP contribution in [0.5, 0.6) is 0 Å². The van der Waals surface area contributed by atoms with Gasteiger partial charge in [0.15, 0.2) is 5.56 Å². The van der Waals surface area contributed by atoms with Crippen molar-refractivity contribution in [2.45, 2.75) is 13.0 Å². The maximum absolute atomic E-state index is 11.5. The first-order chi connectivity index (χ1) is 7.52. The van der Waals surface area contributed by atoms with Crippen molar-refractivity contribution in [1.29, 1.82) is 0 Å². The molecular weight excluding hydrogens is 214 g/mol. The summed E-state index contributed by atoms with van der Waals surface area (Å²) in [7, 11) is 1.66. The molecule has 0 unspecified atom stereocenters. The van der Waals surface area contributed by atoms with Gasteiger partial charge in [0.2, 0.25) is 0 Å². The molecule has 2 heterocycles. The molecule has 0 aromatic carbocycles. The van der Waals surface area contributed by atoms with E-state index in [0.29, 0.717) is 13.1 Å². The smallest absolute Gasteiger partial charge is 0.345 e. The van der Waals surface area contributed by atoms with Crippen LogP contribution in [0.15, 0.2) is 9.59 Å². The molecule has 1 aliphatic heterocycles. The number of carboxylic acid groups (broad SMARTS) is 1. The SMILES string of the molecule is CN1CCCn2c1c(C(=O)O)c(=O)[nH]c2=O. The number of carbonyl (C=O) groups is 1. The lowest BCUT2D eigenvalue weighted by Gasteiger charge is -2.28. The van der Waals surface area contributed by atoms with E-state index in [1.807, 2.05) is 4.98 Å². The minimum Gasteiger partial charge on any atom is -0.477 e. The molecule has 7 heteroatoms. The Labute approximate surface area is 89.9 Å². The summed E-state index contributed by atoms with van der Waals surface area (Å²) in [5, 5.41) is 8.97. The number of aromatic carboxylic acids is 1. The average molecular weight is 225 g/mol. The summed E-state index contributed by atoms with van der Waals surface area (Å²) < 4.78 is 1.29. The van der Waals surface area contributed by atoms with Crippen LogP contribution in [0.4, 0.5) is 5.82 Å². The van der Waals surface area contributed by atoms with E-state index in [-0.39, 0.29) is 11.4 Å². The van der Waals surface area contributed by atoms with Crippen LogP contribution in [-0.4, -0.2) is 34.2 Å². The van der Waals surface area contributed by atoms with Gasteiger partial charge in [-0.25, -0.2) is 9.59 Å². The minimum absolute atomic E-state index is 0.188. The lowest BCUT2D eigenvalue weighted by molar-refractivity contribution is 0.0694. The zero-order valence-corrected chi connectivity index (χ0v) is 8.69. The molecule has 16 heavy (non-hydrogen) atoms. The topological polar surface area (TPSA) is 95.4 Å². The Morgan fingerprint density at radius 2 is 2.06 bits per heavy atom. The zero-order valence-electron chi connectivity index (χ0n) is 8.69. The molecule has 0 radical (unpaired) electrons. The van der Waals surface area contributed by atoms with Crippen LogP contribution >= 0.6 is 0 Å². The Hall–Kier alpha value is -2.05. The fourth-order valence-corrected chi connectivity index (χ4v) is 1.93. The molecule has 1 aromatic heterocycles. The Kier molecular flexibility index (Phi) is 2.30. The van der Waals surface area contributed by atoms with Gasteiger partial charge in [0.25, 0.3) is 5.56 Å². The largest absolute Gasteiger partial charge is 0.477 e. The molecule has 86 valence electrons. The molecule has 2 rings (SSSR count). The number of nitrogens with zero attached hydrogens (tertiary/aromatic N) is 2. The van der Waals surface area contributed by atoms with Crippen LogP contribution in [0.2, 0.25) is 0 Å². The highest BCUT2D eigenvalue weighted by molar-refractivity contribution is 5.93. The molecule has 0 fully saturated rings. The van der Waals surface area contributed by atoms with Crippen molar-refractivity contribution in [1.82, 2.24) is 9.55 Å². The second-order valence-corrected chi connectivity index (χ2v) is 3.69. The average Bonchev–Trinajstić information content (AvgIpc) is 2.19. The maximum atomic E-state index is 11.5. The van der Waals surface area contributed by atoms with E-state index >= 15 is 0 Å². The van der Waals surface area contributed by atoms with E-state index in [0.717, 1.165) is 6.42 Å². The molecule has 7 nitrogen and oxygen atoms in total. The first kappa shape index (κ1) is 10.5. The van der Waals surface area contributed by atoms with Crippen LogP contribution in [0.3, 0.4) is 0 Å². The quantitative estimate of drug-likeness (QED) is 0.644. The van der Waals surface area contributed by atoms with E-state index in [1.54, 1.807) is 11.9 Å². The minimum atomic E-state index is -1.32. The number of rotatable bonds is 1. The van der Waals surface area contributed by atoms with Crippen LogP contribution in [0, 0.1) is 0 Å². The number of anilines is 1. The summed E-state index contributed by atoms with van der Waals surface area (Å²) in [5.41, 5.74) is -1.78. The van der Waals surface area contributed by atoms with Crippen molar-refractivity contribution in [2.24, 2.45) is 0 Å². The molecule has 0 spiro atoms. The number of nitrogens with one attached hydrogen (secondary N) is 1. The third-order valence-corrected chi connectivity index (χ3v) is 2.62. The molecule has 0 aliphatic carbocycles. The highest BCUT2D eigenvalue weighted by Crippen LogP contribution is 2.18. The normalized spacial score (nSPS) is 14.7. The van der Waals surface area contributed by atoms with Gasteiger partial charge in [-0.15, -0.1) is 0 Å². The van der Waals surface area contributed by atoms with Gasteiger partial charge in [0, 0.05) is 20.1 Å². The van der Waals surface area contributed by atoms with Crippen molar-refractivity contribution in [3.05, 3.63) is 26.4 Å². The van der Waals surface area contributed by atoms with Gasteiger partial charge in [-0.05, 0) is 6.42 Å². The number of carboxylic acids is 1. The number of fused-ring (bicyclic) bond motifs is 1. The number of aromatic amines is 1. The lowest BCUT2D eigenvalue weighted by atomic mass is 10.2. The van der Waals surface area contributed by atoms with Gasteiger partial charge < -0.3 is 10.0 Å². The number of aromatic nitrogens is 2. The van der Waals surface area contributed by atoms with Crippen molar-refractivity contribution in [2.75, 3.05) is 18.5 Å². The Bertz CT molecular complexity index is 557.